The third-order valence-corrected chi connectivity index (χ3v) is 4.12. The molecule has 1 heterocycles. The van der Waals surface area contributed by atoms with Gasteiger partial charge in [0.25, 0.3) is 0 Å². The van der Waals surface area contributed by atoms with Crippen LogP contribution < -0.4 is 0 Å². The summed E-state index contributed by atoms with van der Waals surface area (Å²) in [6.07, 6.45) is 3.34. The molecule has 1 N–H and O–H groups in total. The fraction of sp³-hybridized carbons (Fsp3) is 1.00. The zero-order valence-electron chi connectivity index (χ0n) is 10.0. The number of hydrogen-bond acceptors (Lipinski definition) is 3. The summed E-state index contributed by atoms with van der Waals surface area (Å²) >= 11 is 0. The van der Waals surface area contributed by atoms with Crippen molar-refractivity contribution in [2.24, 2.45) is 0 Å². The Morgan fingerprint density at radius 2 is 2.07 bits per heavy atom. The van der Waals surface area contributed by atoms with Gasteiger partial charge < -0.3 is 5.11 Å². The van der Waals surface area contributed by atoms with Crippen LogP contribution in [0.15, 0.2) is 0 Å². The van der Waals surface area contributed by atoms with E-state index in [9.17, 15) is 5.11 Å². The van der Waals surface area contributed by atoms with Crippen LogP contribution >= 0.6 is 0 Å². The third-order valence-electron chi connectivity index (χ3n) is 4.12. The summed E-state index contributed by atoms with van der Waals surface area (Å²) in [4.78, 5) is 5.03. The van der Waals surface area contributed by atoms with Gasteiger partial charge in [0.2, 0.25) is 0 Å². The molecule has 1 saturated heterocycles. The molecule has 1 aliphatic heterocycles. The molecule has 1 aliphatic carbocycles. The molecule has 0 aromatic carbocycles. The molecule has 0 amide bonds. The zero-order valence-corrected chi connectivity index (χ0v) is 10.0. The van der Waals surface area contributed by atoms with Crippen molar-refractivity contribution in [1.29, 1.82) is 0 Å². The molecule has 1 saturated carbocycles. The van der Waals surface area contributed by atoms with Gasteiger partial charge in [-0.05, 0) is 32.7 Å². The van der Waals surface area contributed by atoms with Crippen molar-refractivity contribution in [3.63, 3.8) is 0 Å². The van der Waals surface area contributed by atoms with Gasteiger partial charge in [-0.15, -0.1) is 0 Å². The van der Waals surface area contributed by atoms with Crippen molar-refractivity contribution in [1.82, 2.24) is 9.80 Å². The smallest absolute Gasteiger partial charge is 0.0695 e. The lowest BCUT2D eigenvalue weighted by molar-refractivity contribution is 0.0151. The second-order valence-electron chi connectivity index (χ2n) is 5.04. The normalized spacial score (nSPS) is 39.8. The van der Waals surface area contributed by atoms with Crippen LogP contribution in [0.4, 0.5) is 0 Å². The van der Waals surface area contributed by atoms with Gasteiger partial charge in [0.1, 0.15) is 0 Å². The number of rotatable bonds is 2. The molecule has 3 heteroatoms. The largest absolute Gasteiger partial charge is 0.391 e. The summed E-state index contributed by atoms with van der Waals surface area (Å²) in [6, 6.07) is 1.10. The third kappa shape index (κ3) is 2.35. The van der Waals surface area contributed by atoms with E-state index in [0.29, 0.717) is 12.1 Å². The molecule has 88 valence electrons. The maximum absolute atomic E-state index is 9.90. The van der Waals surface area contributed by atoms with Crippen LogP contribution in [0.3, 0.4) is 0 Å². The number of nitrogens with zero attached hydrogens (tertiary/aromatic N) is 2. The molecule has 0 radical (unpaired) electrons. The zero-order chi connectivity index (χ0) is 10.8. The van der Waals surface area contributed by atoms with Gasteiger partial charge >= 0.3 is 0 Å². The molecule has 3 atom stereocenters. The first-order valence-electron chi connectivity index (χ1n) is 6.38. The Morgan fingerprint density at radius 3 is 2.60 bits per heavy atom. The van der Waals surface area contributed by atoms with Crippen molar-refractivity contribution in [2.45, 2.75) is 51.3 Å². The van der Waals surface area contributed by atoms with Gasteiger partial charge in [0.15, 0.2) is 0 Å². The summed E-state index contributed by atoms with van der Waals surface area (Å²) in [5.74, 6) is 0. The minimum Gasteiger partial charge on any atom is -0.391 e. The van der Waals surface area contributed by atoms with Gasteiger partial charge in [-0.1, -0.05) is 6.92 Å². The molecule has 15 heavy (non-hydrogen) atoms. The van der Waals surface area contributed by atoms with E-state index in [4.69, 9.17) is 0 Å². The second kappa shape index (κ2) is 4.81. The molecule has 2 aliphatic rings. The molecule has 0 aromatic heterocycles. The van der Waals surface area contributed by atoms with Crippen LogP contribution in [0.5, 0.6) is 0 Å². The predicted molar refractivity (Wildman–Crippen MR) is 61.9 cm³/mol. The van der Waals surface area contributed by atoms with E-state index < -0.39 is 0 Å². The first-order chi connectivity index (χ1) is 7.22. The van der Waals surface area contributed by atoms with Crippen molar-refractivity contribution in [3.8, 4) is 0 Å². The van der Waals surface area contributed by atoms with Crippen molar-refractivity contribution < 1.29 is 5.11 Å². The maximum atomic E-state index is 9.90. The maximum Gasteiger partial charge on any atom is 0.0695 e. The molecule has 2 fully saturated rings. The molecule has 0 aromatic rings. The highest BCUT2D eigenvalue weighted by atomic mass is 16.3. The van der Waals surface area contributed by atoms with Gasteiger partial charge in [0, 0.05) is 31.7 Å². The summed E-state index contributed by atoms with van der Waals surface area (Å²) in [5, 5.41) is 9.90. The molecule has 0 bridgehead atoms. The topological polar surface area (TPSA) is 26.7 Å². The molecular formula is C12H24N2O. The highest BCUT2D eigenvalue weighted by molar-refractivity contribution is 4.89. The lowest BCUT2D eigenvalue weighted by atomic mass is 10.1. The summed E-state index contributed by atoms with van der Waals surface area (Å²) in [5.41, 5.74) is 0. The Hall–Kier alpha value is -0.120. The van der Waals surface area contributed by atoms with E-state index in [-0.39, 0.29) is 6.10 Å². The number of likely N-dealkylation sites (N-methyl/N-ethyl adjacent to an activating group) is 1. The van der Waals surface area contributed by atoms with E-state index >= 15 is 0 Å². The van der Waals surface area contributed by atoms with Crippen LogP contribution in [0.2, 0.25) is 0 Å². The van der Waals surface area contributed by atoms with E-state index in [1.54, 1.807) is 0 Å². The Morgan fingerprint density at radius 1 is 1.27 bits per heavy atom. The molecular weight excluding hydrogens is 188 g/mol. The summed E-state index contributed by atoms with van der Waals surface area (Å²) in [7, 11) is 0. The van der Waals surface area contributed by atoms with Crippen molar-refractivity contribution in [2.75, 3.05) is 26.2 Å². The second-order valence-corrected chi connectivity index (χ2v) is 5.04. The Balaban J connectivity index is 1.90. The number of aliphatic hydroxyl groups is 1. The molecule has 1 unspecified atom stereocenters. The van der Waals surface area contributed by atoms with E-state index in [0.717, 1.165) is 26.1 Å². The Labute approximate surface area is 93.1 Å². The number of piperazine rings is 1. The average Bonchev–Trinajstić information content (AvgIpc) is 2.64. The van der Waals surface area contributed by atoms with Crippen LogP contribution in [-0.2, 0) is 0 Å². The van der Waals surface area contributed by atoms with Crippen molar-refractivity contribution >= 4 is 0 Å². The number of aliphatic hydroxyl groups excluding tert-OH is 1. The van der Waals surface area contributed by atoms with E-state index in [1.165, 1.54) is 19.4 Å². The lowest BCUT2D eigenvalue weighted by Gasteiger charge is -2.42. The standard InChI is InChI=1S/C12H24N2O/c1-3-13-7-8-14(9-10(13)2)11-5-4-6-12(11)15/h10-12,15H,3-9H2,1-2H3/t10?,11-,12-/m1/s1. The summed E-state index contributed by atoms with van der Waals surface area (Å²) < 4.78 is 0. The molecule has 3 nitrogen and oxygen atoms in total. The van der Waals surface area contributed by atoms with E-state index in [1.807, 2.05) is 0 Å². The van der Waals surface area contributed by atoms with Crippen LogP contribution in [0.1, 0.15) is 33.1 Å². The fourth-order valence-corrected chi connectivity index (χ4v) is 3.14. The first kappa shape index (κ1) is 11.4. The highest BCUT2D eigenvalue weighted by Crippen LogP contribution is 2.26. The monoisotopic (exact) mass is 212 g/mol. The predicted octanol–water partition coefficient (Wildman–Crippen LogP) is 0.926. The van der Waals surface area contributed by atoms with Crippen LogP contribution in [-0.4, -0.2) is 59.3 Å². The SMILES string of the molecule is CCN1CCN([C@@H]2CCC[C@H]2O)CC1C. The van der Waals surface area contributed by atoms with Crippen molar-refractivity contribution in [3.05, 3.63) is 0 Å². The Kier molecular flexibility index (Phi) is 3.65. The van der Waals surface area contributed by atoms with E-state index in [2.05, 4.69) is 23.6 Å². The minimum absolute atomic E-state index is 0.0645. The van der Waals surface area contributed by atoms with Gasteiger partial charge in [-0.25, -0.2) is 0 Å². The fourth-order valence-electron chi connectivity index (χ4n) is 3.14. The van der Waals surface area contributed by atoms with Gasteiger partial charge in [0.05, 0.1) is 6.10 Å². The lowest BCUT2D eigenvalue weighted by Crippen LogP contribution is -2.56. The van der Waals surface area contributed by atoms with Crippen LogP contribution in [0, 0.1) is 0 Å². The highest BCUT2D eigenvalue weighted by Gasteiger charge is 2.34. The molecule has 2 rings (SSSR count). The quantitative estimate of drug-likeness (QED) is 0.737. The minimum atomic E-state index is -0.0645. The number of hydrogen-bond donors (Lipinski definition) is 1. The van der Waals surface area contributed by atoms with Crippen LogP contribution in [0.25, 0.3) is 0 Å². The van der Waals surface area contributed by atoms with Gasteiger partial charge in [-0.2, -0.15) is 0 Å². The van der Waals surface area contributed by atoms with Gasteiger partial charge in [-0.3, -0.25) is 9.80 Å². The average molecular weight is 212 g/mol. The first-order valence-corrected chi connectivity index (χ1v) is 6.38. The summed E-state index contributed by atoms with van der Waals surface area (Å²) in [6.45, 7) is 9.13. The Bertz CT molecular complexity index is 210. The molecule has 0 spiro atoms.